The summed E-state index contributed by atoms with van der Waals surface area (Å²) in [6.45, 7) is 11.7. The molecule has 15 N–H and O–H groups in total. The average molecular weight is 1390 g/mol. The predicted molar refractivity (Wildman–Crippen MR) is 379 cm³/mol. The lowest BCUT2D eigenvalue weighted by Gasteiger charge is -2.13. The Kier molecular flexibility index (Phi) is 28.3. The molecule has 6 aromatic heterocycles. The Morgan fingerprint density at radius 1 is 0.344 bits per heavy atom. The van der Waals surface area contributed by atoms with Crippen molar-refractivity contribution in [1.82, 2.24) is 84.7 Å². The van der Waals surface area contributed by atoms with Crippen LogP contribution in [0, 0.1) is 0 Å². The number of halogens is 1. The van der Waals surface area contributed by atoms with E-state index >= 15 is 0 Å². The van der Waals surface area contributed by atoms with Crippen LogP contribution in [0.2, 0.25) is 5.02 Å². The van der Waals surface area contributed by atoms with E-state index in [1.165, 1.54) is 58.8 Å². The van der Waals surface area contributed by atoms with Crippen molar-refractivity contribution in [3.63, 3.8) is 0 Å². The standard InChI is InChI=1S/C56H71ClN30S6/c1-4-88-52-74-41(59)73-43(79-52)63-26-25-62-42-71-39(33-40(72-42)91-34-35-17-19-36(57)20-18-35)60-23-24-64-48-77-49(85-55(84-48)92-37-13-9-7-10-14-37)68-31-28-66-46-76-47(83-54(82-46)90-6-3)67-29-32-70-51-78-50(86-56(87-51)93-38-15-11-8-12-16-38)69-30-27-65-45-75-44(61-22-21-58)80-53(81-45)89-5-2/h7-20,33H,4-6,21-32,34,58H2,1-3H3,(H2,60,62,71,72)(H3,59,63,73,74,79)(H2,61,65,75,80,81)(H2,64,68,77,84,85)(H2,66,67,76,82,83)(H2,69,70,78,86,87). The number of benzene rings is 3. The van der Waals surface area contributed by atoms with Crippen LogP contribution < -0.4 is 70.0 Å². The summed E-state index contributed by atoms with van der Waals surface area (Å²) in [7, 11) is 0. The topological polar surface area (TPSA) is 403 Å². The fraction of sp³-hybridized carbons (Fsp3) is 0.339. The van der Waals surface area contributed by atoms with E-state index in [0.717, 1.165) is 37.6 Å². The lowest BCUT2D eigenvalue weighted by Crippen LogP contribution is -2.21. The third-order valence-corrected chi connectivity index (χ3v) is 16.9. The first-order valence-electron chi connectivity index (χ1n) is 29.6. The van der Waals surface area contributed by atoms with Gasteiger partial charge in [0.1, 0.15) is 10.8 Å². The Bertz CT molecular complexity index is 3730. The summed E-state index contributed by atoms with van der Waals surface area (Å²) in [5.41, 5.74) is 12.7. The molecule has 0 atom stereocenters. The van der Waals surface area contributed by atoms with Crippen LogP contribution in [0.1, 0.15) is 26.3 Å². The van der Waals surface area contributed by atoms with Crippen LogP contribution in [0.25, 0.3) is 0 Å². The van der Waals surface area contributed by atoms with Gasteiger partial charge in [-0.05, 0) is 82.7 Å². The van der Waals surface area contributed by atoms with E-state index in [2.05, 4.69) is 103 Å². The molecule has 0 aliphatic heterocycles. The van der Waals surface area contributed by atoms with Gasteiger partial charge < -0.3 is 70.0 Å². The third-order valence-electron chi connectivity index (χ3n) is 11.7. The second kappa shape index (κ2) is 38.1. The Labute approximate surface area is 568 Å². The lowest BCUT2D eigenvalue weighted by atomic mass is 10.2. The molecule has 3 aromatic carbocycles. The number of nitrogens with two attached hydrogens (primary N) is 2. The average Bonchev–Trinajstić information content (AvgIpc) is 2.51. The largest absolute Gasteiger partial charge is 0.368 e. The number of rotatable bonds is 41. The zero-order valence-corrected chi connectivity index (χ0v) is 56.7. The van der Waals surface area contributed by atoms with Crippen molar-refractivity contribution in [2.75, 3.05) is 160 Å². The predicted octanol–water partition coefficient (Wildman–Crippen LogP) is 8.56. The highest BCUT2D eigenvalue weighted by Gasteiger charge is 2.15. The van der Waals surface area contributed by atoms with Gasteiger partial charge in [-0.3, -0.25) is 0 Å². The molecule has 0 aliphatic rings. The smallest absolute Gasteiger partial charge is 0.228 e. The number of nitrogens with one attached hydrogen (secondary N) is 11. The molecule has 9 rings (SSSR count). The highest BCUT2D eigenvalue weighted by atomic mass is 35.5. The van der Waals surface area contributed by atoms with E-state index in [9.17, 15) is 0 Å². The number of hydrogen-bond acceptors (Lipinski definition) is 36. The Hall–Kier alpha value is -8.26. The molecule has 93 heavy (non-hydrogen) atoms. The first kappa shape index (κ1) is 69.1. The number of nitrogen functional groups attached to an aromatic ring is 1. The first-order valence-corrected chi connectivity index (χ1v) is 35.6. The molecule has 0 fully saturated rings. The molecule has 0 unspecified atom stereocenters. The summed E-state index contributed by atoms with van der Waals surface area (Å²) in [4.78, 5) is 80.4. The van der Waals surface area contributed by atoms with Crippen molar-refractivity contribution >= 4 is 153 Å². The van der Waals surface area contributed by atoms with Crippen LogP contribution in [0.3, 0.4) is 0 Å². The maximum absolute atomic E-state index is 6.17. The molecular formula is C56H71ClN30S6. The molecule has 0 bridgehead atoms. The summed E-state index contributed by atoms with van der Waals surface area (Å²) < 4.78 is 0. The van der Waals surface area contributed by atoms with E-state index < -0.39 is 0 Å². The molecule has 0 aliphatic carbocycles. The summed E-state index contributed by atoms with van der Waals surface area (Å²) in [5, 5.41) is 40.7. The molecule has 0 saturated heterocycles. The normalized spacial score (nSPS) is 11.0. The second-order valence-electron chi connectivity index (χ2n) is 18.8. The number of anilines is 12. The highest BCUT2D eigenvalue weighted by molar-refractivity contribution is 8.00. The van der Waals surface area contributed by atoms with Gasteiger partial charge in [0.25, 0.3) is 0 Å². The summed E-state index contributed by atoms with van der Waals surface area (Å²) in [6, 6.07) is 29.6. The Morgan fingerprint density at radius 2 is 0.677 bits per heavy atom. The van der Waals surface area contributed by atoms with Gasteiger partial charge in [0.2, 0.25) is 65.4 Å². The molecule has 0 saturated carbocycles. The van der Waals surface area contributed by atoms with Crippen LogP contribution in [-0.4, -0.2) is 181 Å². The third kappa shape index (κ3) is 24.6. The van der Waals surface area contributed by atoms with Crippen LogP contribution >= 0.6 is 82.2 Å². The van der Waals surface area contributed by atoms with Crippen molar-refractivity contribution in [2.45, 2.75) is 67.1 Å². The molecule has 9 aromatic rings. The quantitative estimate of drug-likeness (QED) is 0.00969. The fourth-order valence-electron chi connectivity index (χ4n) is 7.72. The Balaban J connectivity index is 0.782. The molecule has 0 amide bonds. The monoisotopic (exact) mass is 1390 g/mol. The van der Waals surface area contributed by atoms with Gasteiger partial charge in [-0.15, -0.1) is 11.8 Å². The molecular weight excluding hydrogens is 1320 g/mol. The maximum Gasteiger partial charge on any atom is 0.228 e. The lowest BCUT2D eigenvalue weighted by molar-refractivity contribution is 0.862. The van der Waals surface area contributed by atoms with Gasteiger partial charge in [-0.25, -0.2) is 4.98 Å². The maximum atomic E-state index is 6.17. The number of hydrogen-bond donors (Lipinski definition) is 13. The van der Waals surface area contributed by atoms with Gasteiger partial charge >= 0.3 is 0 Å². The van der Waals surface area contributed by atoms with Gasteiger partial charge in [-0.1, -0.05) is 116 Å². The minimum Gasteiger partial charge on any atom is -0.368 e. The van der Waals surface area contributed by atoms with Crippen molar-refractivity contribution in [3.05, 3.63) is 102 Å². The highest BCUT2D eigenvalue weighted by Crippen LogP contribution is 2.29. The number of aromatic nitrogens is 17. The van der Waals surface area contributed by atoms with Crippen LogP contribution in [0.15, 0.2) is 132 Å². The van der Waals surface area contributed by atoms with E-state index in [0.29, 0.717) is 180 Å². The molecule has 37 heteroatoms. The molecule has 488 valence electrons. The van der Waals surface area contributed by atoms with Crippen LogP contribution in [0.4, 0.5) is 71.2 Å². The van der Waals surface area contributed by atoms with Crippen molar-refractivity contribution in [3.8, 4) is 0 Å². The summed E-state index contributed by atoms with van der Waals surface area (Å²) in [5.74, 6) is 8.07. The Morgan fingerprint density at radius 3 is 1.05 bits per heavy atom. The van der Waals surface area contributed by atoms with Crippen LogP contribution in [-0.2, 0) is 5.75 Å². The number of thioether (sulfide) groups is 4. The van der Waals surface area contributed by atoms with Gasteiger partial charge in [0.05, 0.1) is 0 Å². The summed E-state index contributed by atoms with van der Waals surface area (Å²) >= 11 is 15.2. The minimum absolute atomic E-state index is 0.159. The van der Waals surface area contributed by atoms with Crippen molar-refractivity contribution in [2.24, 2.45) is 5.73 Å². The number of nitrogens with zero attached hydrogens (tertiary/aromatic N) is 17. The van der Waals surface area contributed by atoms with Crippen molar-refractivity contribution in [1.29, 1.82) is 0 Å². The molecule has 6 heterocycles. The van der Waals surface area contributed by atoms with E-state index in [1.807, 2.05) is 112 Å². The zero-order chi connectivity index (χ0) is 64.7. The molecule has 0 spiro atoms. The van der Waals surface area contributed by atoms with E-state index in [4.69, 9.17) is 62.9 Å². The fourth-order valence-corrected chi connectivity index (χ4v) is 11.9. The molecule has 0 radical (unpaired) electrons. The second-order valence-corrected chi connectivity index (χ2v) is 26.0. The first-order chi connectivity index (χ1) is 45.6. The van der Waals surface area contributed by atoms with Gasteiger partial charge in [-0.2, -0.15) is 79.7 Å². The van der Waals surface area contributed by atoms with E-state index in [-0.39, 0.29) is 5.95 Å². The molecule has 30 nitrogen and oxygen atoms in total. The summed E-state index contributed by atoms with van der Waals surface area (Å²) in [6.07, 6.45) is 0. The van der Waals surface area contributed by atoms with Gasteiger partial charge in [0, 0.05) is 105 Å². The van der Waals surface area contributed by atoms with Crippen molar-refractivity contribution < 1.29 is 0 Å². The van der Waals surface area contributed by atoms with E-state index in [1.54, 1.807) is 11.8 Å². The zero-order valence-electron chi connectivity index (χ0n) is 51.1. The SMILES string of the molecule is CCSc1nc(N)nc(NCCNc2nc(NCCNc3nc(NCCNc4nc(NCCNc5nc(NCCNc6nc(NCCN)nc(SCC)n6)nc(Sc6ccccc6)n5)nc(SCC)n4)nc(Sc4ccccc4)n3)cc(SCc3ccc(Cl)cc3)n2)n1. The minimum atomic E-state index is 0.159. The van der Waals surface area contributed by atoms with Crippen LogP contribution in [0.5, 0.6) is 0 Å². The van der Waals surface area contributed by atoms with Gasteiger partial charge in [0.15, 0.2) is 25.8 Å².